The van der Waals surface area contributed by atoms with Crippen LogP contribution in [0.3, 0.4) is 0 Å². The Morgan fingerprint density at radius 1 is 1.08 bits per heavy atom. The first-order valence-electron chi connectivity index (χ1n) is 9.03. The van der Waals surface area contributed by atoms with Crippen molar-refractivity contribution >= 4 is 17.8 Å². The molecule has 26 heavy (non-hydrogen) atoms. The van der Waals surface area contributed by atoms with E-state index in [1.807, 2.05) is 11.0 Å². The summed E-state index contributed by atoms with van der Waals surface area (Å²) >= 11 is 0. The largest absolute Gasteiger partial charge is 0.466 e. The second kappa shape index (κ2) is 9.22. The topological polar surface area (TPSA) is 93.9 Å². The summed E-state index contributed by atoms with van der Waals surface area (Å²) in [6.45, 7) is 6.93. The second-order valence-electron chi connectivity index (χ2n) is 6.52. The molecule has 8 nitrogen and oxygen atoms in total. The number of esters is 1. The lowest BCUT2D eigenvalue weighted by Gasteiger charge is -2.34. The smallest absolute Gasteiger partial charge is 0.309 e. The fraction of sp³-hybridized carbons (Fsp3) is 0.667. The van der Waals surface area contributed by atoms with Gasteiger partial charge in [0.25, 0.3) is 5.91 Å². The molecule has 0 aromatic carbocycles. The van der Waals surface area contributed by atoms with E-state index in [1.165, 1.54) is 6.92 Å². The fourth-order valence-electron chi connectivity index (χ4n) is 3.23. The Hall–Kier alpha value is -2.56. The lowest BCUT2D eigenvalue weighted by Crippen LogP contribution is -2.46. The van der Waals surface area contributed by atoms with Gasteiger partial charge in [-0.2, -0.15) is 5.26 Å². The molecular formula is C18H26N4O4. The highest BCUT2D eigenvalue weighted by Crippen LogP contribution is 2.20. The maximum absolute atomic E-state index is 12.6. The molecule has 2 saturated heterocycles. The van der Waals surface area contributed by atoms with Crippen LogP contribution >= 0.6 is 0 Å². The third-order valence-corrected chi connectivity index (χ3v) is 4.82. The van der Waals surface area contributed by atoms with Crippen LogP contribution in [0.15, 0.2) is 11.8 Å². The maximum atomic E-state index is 12.6. The van der Waals surface area contributed by atoms with Gasteiger partial charge in [-0.25, -0.2) is 0 Å². The zero-order valence-corrected chi connectivity index (χ0v) is 15.4. The van der Waals surface area contributed by atoms with E-state index in [2.05, 4.69) is 0 Å². The van der Waals surface area contributed by atoms with E-state index in [0.717, 1.165) is 0 Å². The zero-order chi connectivity index (χ0) is 19.1. The van der Waals surface area contributed by atoms with Crippen LogP contribution in [-0.2, 0) is 19.1 Å². The van der Waals surface area contributed by atoms with E-state index in [4.69, 9.17) is 4.74 Å². The van der Waals surface area contributed by atoms with Gasteiger partial charge >= 0.3 is 5.97 Å². The number of ether oxygens (including phenoxy) is 1. The Kier molecular flexibility index (Phi) is 7.01. The molecule has 8 heteroatoms. The molecule has 2 aliphatic heterocycles. The Labute approximate surface area is 154 Å². The van der Waals surface area contributed by atoms with Crippen molar-refractivity contribution in [2.24, 2.45) is 5.92 Å². The molecule has 0 atom stereocenters. The monoisotopic (exact) mass is 362 g/mol. The summed E-state index contributed by atoms with van der Waals surface area (Å²) < 4.78 is 5.03. The van der Waals surface area contributed by atoms with E-state index >= 15 is 0 Å². The molecule has 0 spiro atoms. The van der Waals surface area contributed by atoms with Crippen LogP contribution in [0.5, 0.6) is 0 Å². The molecule has 0 N–H and O–H groups in total. The lowest BCUT2D eigenvalue weighted by atomic mass is 9.96. The number of hydrogen-bond donors (Lipinski definition) is 0. The third kappa shape index (κ3) is 4.97. The highest BCUT2D eigenvalue weighted by Gasteiger charge is 2.30. The normalized spacial score (nSPS) is 19.1. The predicted molar refractivity (Wildman–Crippen MR) is 93.5 cm³/mol. The summed E-state index contributed by atoms with van der Waals surface area (Å²) in [7, 11) is 0. The number of nitriles is 1. The van der Waals surface area contributed by atoms with Crippen LogP contribution in [0.25, 0.3) is 0 Å². The quantitative estimate of drug-likeness (QED) is 0.407. The molecule has 2 amide bonds. The number of nitrogens with zero attached hydrogens (tertiary/aromatic N) is 4. The van der Waals surface area contributed by atoms with Crippen LogP contribution in [0, 0.1) is 17.2 Å². The van der Waals surface area contributed by atoms with Crippen LogP contribution in [0.1, 0.15) is 26.7 Å². The number of likely N-dealkylation sites (tertiary alicyclic amines) is 1. The molecule has 0 bridgehead atoms. The van der Waals surface area contributed by atoms with E-state index in [1.54, 1.807) is 22.9 Å². The van der Waals surface area contributed by atoms with Gasteiger partial charge in [0, 0.05) is 52.4 Å². The molecule has 0 aromatic rings. The van der Waals surface area contributed by atoms with Crippen LogP contribution < -0.4 is 0 Å². The molecule has 0 aromatic heterocycles. The van der Waals surface area contributed by atoms with E-state index < -0.39 is 0 Å². The van der Waals surface area contributed by atoms with Crippen molar-refractivity contribution < 1.29 is 19.1 Å². The van der Waals surface area contributed by atoms with Gasteiger partial charge in [0.2, 0.25) is 5.91 Å². The number of carbonyl (C=O) groups excluding carboxylic acids is 3. The van der Waals surface area contributed by atoms with Crippen LogP contribution in [-0.4, -0.2) is 78.4 Å². The molecular weight excluding hydrogens is 336 g/mol. The van der Waals surface area contributed by atoms with Crippen LogP contribution in [0.2, 0.25) is 0 Å². The lowest BCUT2D eigenvalue weighted by molar-refractivity contribution is -0.150. The highest BCUT2D eigenvalue weighted by atomic mass is 16.5. The van der Waals surface area contributed by atoms with Gasteiger partial charge < -0.3 is 19.4 Å². The predicted octanol–water partition coefficient (Wildman–Crippen LogP) is 0.360. The number of piperazine rings is 1. The van der Waals surface area contributed by atoms with Gasteiger partial charge in [-0.15, -0.1) is 0 Å². The third-order valence-electron chi connectivity index (χ3n) is 4.82. The molecule has 0 radical (unpaired) electrons. The van der Waals surface area contributed by atoms with Gasteiger partial charge in [-0.1, -0.05) is 0 Å². The molecule has 0 saturated carbocycles. The van der Waals surface area contributed by atoms with Crippen molar-refractivity contribution in [1.82, 2.24) is 14.7 Å². The summed E-state index contributed by atoms with van der Waals surface area (Å²) in [4.78, 5) is 41.0. The zero-order valence-electron chi connectivity index (χ0n) is 15.4. The van der Waals surface area contributed by atoms with Gasteiger partial charge in [0.15, 0.2) is 0 Å². The molecule has 2 rings (SSSR count). The van der Waals surface area contributed by atoms with E-state index in [9.17, 15) is 19.6 Å². The van der Waals surface area contributed by atoms with Gasteiger partial charge in [0.1, 0.15) is 11.6 Å². The summed E-state index contributed by atoms with van der Waals surface area (Å²) in [5.41, 5.74) is 0.0934. The van der Waals surface area contributed by atoms with Crippen molar-refractivity contribution in [1.29, 1.82) is 5.26 Å². The SMILES string of the molecule is CCOC(=O)C1CCN(C(=O)/C(C#N)=C\N2CCN(C(C)=O)CC2)CC1. The average Bonchev–Trinajstić information content (AvgIpc) is 2.66. The first-order valence-corrected chi connectivity index (χ1v) is 9.03. The minimum Gasteiger partial charge on any atom is -0.466 e. The minimum atomic E-state index is -0.302. The molecule has 2 aliphatic rings. The average molecular weight is 362 g/mol. The number of hydrogen-bond acceptors (Lipinski definition) is 6. The number of amides is 2. The summed E-state index contributed by atoms with van der Waals surface area (Å²) in [6, 6.07) is 1.99. The van der Waals surface area contributed by atoms with Gasteiger partial charge in [-0.3, -0.25) is 14.4 Å². The van der Waals surface area contributed by atoms with Crippen LogP contribution in [0.4, 0.5) is 0 Å². The van der Waals surface area contributed by atoms with Crippen molar-refractivity contribution in [3.63, 3.8) is 0 Å². The second-order valence-corrected chi connectivity index (χ2v) is 6.52. The summed E-state index contributed by atoms with van der Waals surface area (Å²) in [6.07, 6.45) is 2.71. The van der Waals surface area contributed by atoms with E-state index in [0.29, 0.717) is 58.7 Å². The molecule has 142 valence electrons. The Morgan fingerprint density at radius 3 is 2.19 bits per heavy atom. The molecule has 0 unspecified atom stereocenters. The summed E-state index contributed by atoms with van der Waals surface area (Å²) in [5.74, 6) is -0.648. The maximum Gasteiger partial charge on any atom is 0.309 e. The first-order chi connectivity index (χ1) is 12.5. The number of rotatable bonds is 4. The number of piperidine rings is 1. The van der Waals surface area contributed by atoms with Crippen molar-refractivity contribution in [2.45, 2.75) is 26.7 Å². The Balaban J connectivity index is 1.90. The number of carbonyl (C=O) groups is 3. The fourth-order valence-corrected chi connectivity index (χ4v) is 3.23. The van der Waals surface area contributed by atoms with Gasteiger partial charge in [-0.05, 0) is 19.8 Å². The van der Waals surface area contributed by atoms with Crippen molar-refractivity contribution in [3.05, 3.63) is 11.8 Å². The first kappa shape index (κ1) is 19.8. The van der Waals surface area contributed by atoms with E-state index in [-0.39, 0.29) is 29.3 Å². The molecule has 2 fully saturated rings. The molecule has 0 aliphatic carbocycles. The highest BCUT2D eigenvalue weighted by molar-refractivity contribution is 5.97. The minimum absolute atomic E-state index is 0.0367. The van der Waals surface area contributed by atoms with Crippen molar-refractivity contribution in [3.8, 4) is 6.07 Å². The Morgan fingerprint density at radius 2 is 1.69 bits per heavy atom. The van der Waals surface area contributed by atoms with Crippen molar-refractivity contribution in [2.75, 3.05) is 45.9 Å². The molecule has 2 heterocycles. The van der Waals surface area contributed by atoms with Gasteiger partial charge in [0.05, 0.1) is 12.5 Å². The Bertz CT molecular complexity index is 609. The summed E-state index contributed by atoms with van der Waals surface area (Å²) in [5, 5.41) is 9.38. The standard InChI is InChI=1S/C18H26N4O4/c1-3-26-18(25)15-4-6-22(7-5-15)17(24)16(12-19)13-20-8-10-21(11-9-20)14(2)23/h13,15H,3-11H2,1-2H3/b16-13-.